The van der Waals surface area contributed by atoms with Gasteiger partial charge in [0, 0.05) is 7.05 Å². The number of hydrogen-bond donors (Lipinski definition) is 1. The average Bonchev–Trinajstić information content (AvgIpc) is 2.20. The number of hydrogen-bond acceptors (Lipinski definition) is 2. The molecule has 0 saturated heterocycles. The number of nitrogens with two attached hydrogens (primary N) is 1. The maximum atomic E-state index is 5.60. The zero-order valence-corrected chi connectivity index (χ0v) is 6.46. The van der Waals surface area contributed by atoms with Crippen molar-refractivity contribution in [3.05, 3.63) is 12.0 Å². The molecule has 3 nitrogen and oxygen atoms in total. The predicted molar refractivity (Wildman–Crippen MR) is 41.6 cm³/mol. The lowest BCUT2D eigenvalue weighted by Gasteiger charge is -1.99. The van der Waals surface area contributed by atoms with Crippen LogP contribution in [-0.4, -0.2) is 9.55 Å². The highest BCUT2D eigenvalue weighted by Crippen LogP contribution is 2.09. The minimum absolute atomic E-state index is 0.671. The summed E-state index contributed by atoms with van der Waals surface area (Å²) < 4.78 is 1.97. The lowest BCUT2D eigenvalue weighted by atomic mass is 10.2. The predicted octanol–water partition coefficient (Wildman–Crippen LogP) is 0.955. The first kappa shape index (κ1) is 7.12. The Morgan fingerprint density at radius 2 is 2.40 bits per heavy atom. The first-order valence-electron chi connectivity index (χ1n) is 3.51. The van der Waals surface area contributed by atoms with Gasteiger partial charge in [0.15, 0.2) is 0 Å². The zero-order valence-electron chi connectivity index (χ0n) is 6.46. The van der Waals surface area contributed by atoms with Gasteiger partial charge in [-0.1, -0.05) is 13.3 Å². The number of rotatable bonds is 2. The first-order valence-corrected chi connectivity index (χ1v) is 3.51. The van der Waals surface area contributed by atoms with Crippen LogP contribution in [0.3, 0.4) is 0 Å². The molecule has 0 saturated carbocycles. The summed E-state index contributed by atoms with van der Waals surface area (Å²) in [5.74, 6) is 0.671. The lowest BCUT2D eigenvalue weighted by molar-refractivity contribution is 0.787. The Morgan fingerprint density at radius 3 is 2.80 bits per heavy atom. The van der Waals surface area contributed by atoms with Crippen LogP contribution < -0.4 is 5.73 Å². The van der Waals surface area contributed by atoms with Crippen LogP contribution in [0.1, 0.15) is 19.0 Å². The largest absolute Gasteiger partial charge is 0.382 e. The third-order valence-electron chi connectivity index (χ3n) is 1.58. The Bertz CT molecular complexity index is 195. The van der Waals surface area contributed by atoms with Gasteiger partial charge in [0.25, 0.3) is 0 Å². The van der Waals surface area contributed by atoms with Gasteiger partial charge in [-0.05, 0) is 6.42 Å². The highest BCUT2D eigenvalue weighted by Gasteiger charge is 2.01. The molecule has 1 aromatic heterocycles. The summed E-state index contributed by atoms with van der Waals surface area (Å²) in [6.45, 7) is 2.13. The molecule has 0 aromatic carbocycles. The smallest absolute Gasteiger partial charge is 0.144 e. The average molecular weight is 139 g/mol. The van der Waals surface area contributed by atoms with Crippen molar-refractivity contribution in [3.8, 4) is 0 Å². The monoisotopic (exact) mass is 139 g/mol. The third-order valence-corrected chi connectivity index (χ3v) is 1.58. The van der Waals surface area contributed by atoms with Crippen molar-refractivity contribution in [3.63, 3.8) is 0 Å². The van der Waals surface area contributed by atoms with E-state index < -0.39 is 0 Å². The van der Waals surface area contributed by atoms with Crippen LogP contribution in [0.4, 0.5) is 5.82 Å². The number of imidazole rings is 1. The van der Waals surface area contributed by atoms with E-state index in [2.05, 4.69) is 11.9 Å². The molecule has 0 aliphatic rings. The minimum Gasteiger partial charge on any atom is -0.382 e. The Morgan fingerprint density at radius 1 is 1.70 bits per heavy atom. The summed E-state index contributed by atoms with van der Waals surface area (Å²) in [6, 6.07) is 0. The molecule has 0 aliphatic carbocycles. The first-order chi connectivity index (χ1) is 4.75. The van der Waals surface area contributed by atoms with Crippen LogP contribution in [0.5, 0.6) is 0 Å². The summed E-state index contributed by atoms with van der Waals surface area (Å²) in [7, 11) is 1.97. The second-order valence-corrected chi connectivity index (χ2v) is 2.44. The summed E-state index contributed by atoms with van der Waals surface area (Å²) >= 11 is 0. The number of anilines is 1. The van der Waals surface area contributed by atoms with Crippen LogP contribution >= 0.6 is 0 Å². The number of aryl methyl sites for hydroxylation is 1. The van der Waals surface area contributed by atoms with E-state index >= 15 is 0 Å². The Labute approximate surface area is 60.9 Å². The Hall–Kier alpha value is -0.990. The fraction of sp³-hybridized carbons (Fsp3) is 0.571. The number of nitrogens with zero attached hydrogens (tertiary/aromatic N) is 2. The molecule has 0 unspecified atom stereocenters. The normalized spacial score (nSPS) is 10.2. The molecule has 0 amide bonds. The molecule has 1 aromatic rings. The van der Waals surface area contributed by atoms with Crippen LogP contribution in [0.2, 0.25) is 0 Å². The van der Waals surface area contributed by atoms with Crippen molar-refractivity contribution < 1.29 is 0 Å². The van der Waals surface area contributed by atoms with Gasteiger partial charge in [0.05, 0.1) is 12.0 Å². The number of aromatic nitrogens is 2. The van der Waals surface area contributed by atoms with Gasteiger partial charge in [0.1, 0.15) is 5.82 Å². The second kappa shape index (κ2) is 2.73. The maximum Gasteiger partial charge on any atom is 0.144 e. The third kappa shape index (κ3) is 1.12. The molecule has 0 atom stereocenters. The minimum atomic E-state index is 0.671. The molecule has 10 heavy (non-hydrogen) atoms. The molecular weight excluding hydrogens is 126 g/mol. The zero-order chi connectivity index (χ0) is 7.56. The molecule has 0 bridgehead atoms. The second-order valence-electron chi connectivity index (χ2n) is 2.44. The fourth-order valence-corrected chi connectivity index (χ4v) is 1.01. The van der Waals surface area contributed by atoms with Crippen molar-refractivity contribution in [2.24, 2.45) is 7.05 Å². The van der Waals surface area contributed by atoms with Crippen LogP contribution in [0.15, 0.2) is 6.33 Å². The van der Waals surface area contributed by atoms with Crippen molar-refractivity contribution in [1.29, 1.82) is 0 Å². The number of nitrogen functional groups attached to an aromatic ring is 1. The Kier molecular flexibility index (Phi) is 1.94. The molecule has 3 heteroatoms. The van der Waals surface area contributed by atoms with Gasteiger partial charge in [0.2, 0.25) is 0 Å². The van der Waals surface area contributed by atoms with Gasteiger partial charge < -0.3 is 10.3 Å². The molecule has 0 radical (unpaired) electrons. The molecule has 0 spiro atoms. The molecule has 1 heterocycles. The van der Waals surface area contributed by atoms with E-state index in [0.717, 1.165) is 18.5 Å². The maximum absolute atomic E-state index is 5.60. The summed E-state index contributed by atoms with van der Waals surface area (Å²) in [5.41, 5.74) is 6.74. The van der Waals surface area contributed by atoms with E-state index in [1.165, 1.54) is 0 Å². The Balaban J connectivity index is 2.87. The van der Waals surface area contributed by atoms with E-state index in [9.17, 15) is 0 Å². The van der Waals surface area contributed by atoms with E-state index in [1.807, 2.05) is 11.6 Å². The molecule has 0 fully saturated rings. The summed E-state index contributed by atoms with van der Waals surface area (Å²) in [6.07, 6.45) is 3.88. The van der Waals surface area contributed by atoms with E-state index in [0.29, 0.717) is 5.82 Å². The van der Waals surface area contributed by atoms with Crippen molar-refractivity contribution >= 4 is 5.82 Å². The van der Waals surface area contributed by atoms with Crippen LogP contribution in [-0.2, 0) is 13.5 Å². The quantitative estimate of drug-likeness (QED) is 0.663. The van der Waals surface area contributed by atoms with Gasteiger partial charge >= 0.3 is 0 Å². The van der Waals surface area contributed by atoms with E-state index in [4.69, 9.17) is 5.73 Å². The molecular formula is C7H13N3. The van der Waals surface area contributed by atoms with E-state index in [-0.39, 0.29) is 0 Å². The highest BCUT2D eigenvalue weighted by molar-refractivity contribution is 5.34. The van der Waals surface area contributed by atoms with Gasteiger partial charge in [-0.2, -0.15) is 0 Å². The fourth-order valence-electron chi connectivity index (χ4n) is 1.01. The van der Waals surface area contributed by atoms with Crippen molar-refractivity contribution in [1.82, 2.24) is 9.55 Å². The standard InChI is InChI=1S/C7H13N3/c1-3-4-6-7(8)9-5-10(6)2/h5H,3-4,8H2,1-2H3. The molecule has 2 N–H and O–H groups in total. The summed E-state index contributed by atoms with van der Waals surface area (Å²) in [4.78, 5) is 3.98. The van der Waals surface area contributed by atoms with Crippen LogP contribution in [0, 0.1) is 0 Å². The topological polar surface area (TPSA) is 43.8 Å². The molecule has 0 aliphatic heterocycles. The van der Waals surface area contributed by atoms with Crippen molar-refractivity contribution in [2.75, 3.05) is 5.73 Å². The lowest BCUT2D eigenvalue weighted by Crippen LogP contribution is -1.98. The SMILES string of the molecule is CCCc1c(N)ncn1C. The van der Waals surface area contributed by atoms with E-state index in [1.54, 1.807) is 6.33 Å². The molecule has 56 valence electrons. The molecule has 1 rings (SSSR count). The highest BCUT2D eigenvalue weighted by atomic mass is 15.1. The van der Waals surface area contributed by atoms with Gasteiger partial charge in [-0.3, -0.25) is 0 Å². The van der Waals surface area contributed by atoms with Crippen molar-refractivity contribution in [2.45, 2.75) is 19.8 Å². The van der Waals surface area contributed by atoms with Gasteiger partial charge in [-0.25, -0.2) is 4.98 Å². The summed E-state index contributed by atoms with van der Waals surface area (Å²) in [5, 5.41) is 0. The van der Waals surface area contributed by atoms with Crippen LogP contribution in [0.25, 0.3) is 0 Å². The van der Waals surface area contributed by atoms with Gasteiger partial charge in [-0.15, -0.1) is 0 Å².